The number of nitrogens with zero attached hydrogens (tertiary/aromatic N) is 4. The third-order valence-corrected chi connectivity index (χ3v) is 25.5. The first-order valence-corrected chi connectivity index (χ1v) is 44.4. The Bertz CT molecular complexity index is 6110. The maximum absolute atomic E-state index is 12.0. The molecule has 11 heterocycles. The summed E-state index contributed by atoms with van der Waals surface area (Å²) < 4.78 is 36.4. The van der Waals surface area contributed by atoms with E-state index in [4.69, 9.17) is 39.3 Å². The van der Waals surface area contributed by atoms with Gasteiger partial charge >= 0.3 is 11.9 Å². The number of benzene rings is 10. The molecule has 14 N–H and O–H groups in total. The molecule has 0 aliphatic carbocycles. The van der Waals surface area contributed by atoms with Gasteiger partial charge in [0.1, 0.15) is 85.5 Å². The molecule has 27 heteroatoms. The van der Waals surface area contributed by atoms with Crippen molar-refractivity contribution < 1.29 is 78.2 Å². The number of aryl methyl sites for hydroxylation is 1. The van der Waals surface area contributed by atoms with Gasteiger partial charge in [-0.3, -0.25) is 9.59 Å². The average molecular weight is 1850 g/mol. The van der Waals surface area contributed by atoms with Crippen molar-refractivity contribution in [2.24, 2.45) is 12.8 Å². The number of ether oxygens (including phenoxy) is 6. The minimum Gasteiger partial charge on any atom is -0.507 e. The van der Waals surface area contributed by atoms with Crippen LogP contribution in [-0.4, -0.2) is 182 Å². The molecule has 136 heavy (non-hydrogen) atoms. The Kier molecular flexibility index (Phi) is 32.1. The predicted molar refractivity (Wildman–Crippen MR) is 532 cm³/mol. The Labute approximate surface area is 795 Å². The lowest BCUT2D eigenvalue weighted by Gasteiger charge is -2.40. The number of fused-ring (bicyclic) bond motifs is 5. The molecule has 2 amide bonds. The summed E-state index contributed by atoms with van der Waals surface area (Å²) >= 11 is 0. The van der Waals surface area contributed by atoms with Crippen LogP contribution in [0.15, 0.2) is 243 Å². The molecule has 27 nitrogen and oxygen atoms in total. The number of aromatic hydroxyl groups is 5. The number of primary amides is 1. The SMILES string of the molecule is C.C.C.C.C.CCNC(=O)c1ccc(C2=CC3(CCNCC3)Oc3cccc(O)c32)cc1.COC(=O)c1ccc(C2=CC3(CCNCC3)Oc3cccc(O)c32)cc1.Cn1nnc(-c2ccc(C3=CC4(CCNCC4)Oc4cccc(O)c43)cc2)n1.NC(=O)c1ccc(C2=CC3(CCNCC3)Oc3cccc(O)c32)cc1.O=C(O)c1ccc(C2=CC3(CCNCC3)Oc3cccc(O)c32)cc1. The molecule has 10 aliphatic heterocycles. The van der Waals surface area contributed by atoms with Gasteiger partial charge in [-0.15, -0.1) is 10.2 Å². The fourth-order valence-corrected chi connectivity index (χ4v) is 18.7. The minimum absolute atomic E-state index is 0. The van der Waals surface area contributed by atoms with Crippen molar-refractivity contribution >= 4 is 51.6 Å². The van der Waals surface area contributed by atoms with E-state index >= 15 is 0 Å². The van der Waals surface area contributed by atoms with E-state index < -0.39 is 17.5 Å². The molecule has 5 saturated heterocycles. The number of carboxylic acid groups (broad SMARTS) is 1. The molecule has 11 aromatic rings. The fraction of sp³-hybridized carbons (Fsp3) is 0.312. The van der Waals surface area contributed by atoms with Crippen LogP contribution in [-0.2, 0) is 11.8 Å². The van der Waals surface area contributed by atoms with Crippen LogP contribution in [0.5, 0.6) is 57.5 Å². The highest BCUT2D eigenvalue weighted by Crippen LogP contribution is 2.53. The lowest BCUT2D eigenvalue weighted by atomic mass is 9.83. The van der Waals surface area contributed by atoms with E-state index in [1.165, 1.54) is 11.9 Å². The lowest BCUT2D eigenvalue weighted by Crippen LogP contribution is -2.46. The number of hydrogen-bond donors (Lipinski definition) is 13. The maximum Gasteiger partial charge on any atom is 0.337 e. The third kappa shape index (κ3) is 21.5. The highest BCUT2D eigenvalue weighted by atomic mass is 16.5. The molecule has 712 valence electrons. The zero-order valence-electron chi connectivity index (χ0n) is 73.1. The second-order valence-electron chi connectivity index (χ2n) is 34.1. The predicted octanol–water partition coefficient (Wildman–Crippen LogP) is 17.4. The highest BCUT2D eigenvalue weighted by molar-refractivity contribution is 5.98. The summed E-state index contributed by atoms with van der Waals surface area (Å²) in [6.07, 6.45) is 19.4. The number of tetrazole rings is 1. The molecule has 0 radical (unpaired) electrons. The number of phenols is 5. The molecule has 1 aromatic heterocycles. The summed E-state index contributed by atoms with van der Waals surface area (Å²) in [7, 11) is 3.11. The van der Waals surface area contributed by atoms with Gasteiger partial charge in [-0.05, 0) is 273 Å². The fourth-order valence-electron chi connectivity index (χ4n) is 18.7. The summed E-state index contributed by atoms with van der Waals surface area (Å²) in [5.74, 6) is 3.21. The van der Waals surface area contributed by atoms with E-state index in [1.807, 2.05) is 122 Å². The van der Waals surface area contributed by atoms with Crippen LogP contribution in [0.2, 0.25) is 0 Å². The van der Waals surface area contributed by atoms with E-state index in [0.717, 1.165) is 202 Å². The van der Waals surface area contributed by atoms with Crippen LogP contribution in [0.3, 0.4) is 0 Å². The molecule has 21 rings (SSSR count). The number of nitrogens with two attached hydrogens (primary N) is 1. The number of hydrogen-bond acceptors (Lipinski definition) is 23. The average Bonchev–Trinajstić information content (AvgIpc) is 0.808. The number of rotatable bonds is 11. The monoisotopic (exact) mass is 1840 g/mol. The number of carboxylic acids is 1. The van der Waals surface area contributed by atoms with E-state index in [1.54, 1.807) is 104 Å². The molecule has 0 unspecified atom stereocenters. The van der Waals surface area contributed by atoms with Crippen molar-refractivity contribution in [1.29, 1.82) is 0 Å². The molecule has 5 fully saturated rings. The van der Waals surface area contributed by atoms with Crippen molar-refractivity contribution in [3.63, 3.8) is 0 Å². The topological polar surface area (TPSA) is 387 Å². The van der Waals surface area contributed by atoms with Crippen molar-refractivity contribution in [1.82, 2.24) is 52.1 Å². The van der Waals surface area contributed by atoms with Gasteiger partial charge in [0.2, 0.25) is 11.7 Å². The number of methoxy groups -OCH3 is 1. The number of aromatic nitrogens is 4. The minimum atomic E-state index is -0.953. The van der Waals surface area contributed by atoms with Gasteiger partial charge in [0.15, 0.2) is 0 Å². The Balaban J connectivity index is 0.000000151. The largest absolute Gasteiger partial charge is 0.507 e. The summed E-state index contributed by atoms with van der Waals surface area (Å²) in [4.78, 5) is 47.6. The normalized spacial score (nSPS) is 17.2. The van der Waals surface area contributed by atoms with Crippen molar-refractivity contribution in [2.75, 3.05) is 79.1 Å². The first-order chi connectivity index (χ1) is 63.5. The number of aromatic carboxylic acids is 1. The maximum atomic E-state index is 12.0. The molecule has 0 saturated carbocycles. The van der Waals surface area contributed by atoms with Gasteiger partial charge < -0.3 is 96.7 Å². The number of nitrogens with one attached hydrogen (secondary N) is 6. The van der Waals surface area contributed by atoms with E-state index in [9.17, 15) is 44.7 Å². The van der Waals surface area contributed by atoms with Gasteiger partial charge in [0, 0.05) is 87.4 Å². The first-order valence-electron chi connectivity index (χ1n) is 44.4. The second-order valence-corrected chi connectivity index (χ2v) is 34.1. The highest BCUT2D eigenvalue weighted by Gasteiger charge is 2.44. The molecular formula is C109H125N11O16. The van der Waals surface area contributed by atoms with Crippen LogP contribution in [0.25, 0.3) is 39.3 Å². The van der Waals surface area contributed by atoms with Crippen LogP contribution in [0, 0.1) is 0 Å². The smallest absolute Gasteiger partial charge is 0.337 e. The number of esters is 1. The van der Waals surface area contributed by atoms with Gasteiger partial charge in [-0.25, -0.2) is 9.59 Å². The molecule has 10 aliphatic rings. The van der Waals surface area contributed by atoms with Gasteiger partial charge in [0.25, 0.3) is 5.91 Å². The number of amides is 2. The van der Waals surface area contributed by atoms with Crippen LogP contribution >= 0.6 is 0 Å². The third-order valence-electron chi connectivity index (χ3n) is 25.5. The van der Waals surface area contributed by atoms with E-state index in [0.29, 0.717) is 74.3 Å². The zero-order valence-corrected chi connectivity index (χ0v) is 73.1. The zero-order chi connectivity index (χ0) is 91.0. The second kappa shape index (κ2) is 43.3. The summed E-state index contributed by atoms with van der Waals surface area (Å²) in [6, 6.07) is 63.6. The standard InChI is InChI=1S/C22H24N2O3.C21H21N5O2.C21H21NO4.C20H20N2O3.C20H19NO4.5CH4/c1-2-24-21(26)16-8-6-15(7-9-16)17-14-22(10-12-23-13-11-22)27-19-5-3-4-18(25)20(17)19;1-26-24-20(23-25-26)15-7-5-14(6-8-15)16-13-21(9-11-22-12-10-21)28-18-4-2-3-17(27)19(16)18;1-25-20(24)15-7-5-14(6-8-15)16-13-21(9-11-22-12-10-21)26-18-4-2-3-17(23)19(16)18;21-19(24)14-6-4-13(5-7-14)15-12-20(8-10-22-11-9-20)25-17-3-1-2-16(23)18(15)17;22-16-2-1-3-17-18(16)15(12-20(25-17)8-10-21-11-9-20)13-4-6-14(7-5-13)19(23)24;;;;;/h3-9,14,23,25H,2,10-13H2,1H3,(H,24,26);2-8,13,22,27H,9-12H2,1H3;2-8,13,22-23H,9-12H2,1H3;1-7,12,22-23H,8-11H2,(H2,21,24);1-7,12,21-22H,8-11H2,(H,23,24);5*1H4. The van der Waals surface area contributed by atoms with Crippen molar-refractivity contribution in [3.05, 3.63) is 321 Å². The molecule has 0 atom stereocenters. The molecule has 10 aromatic carbocycles. The lowest BCUT2D eigenvalue weighted by molar-refractivity contribution is 0.0599. The van der Waals surface area contributed by atoms with Crippen molar-refractivity contribution in [2.45, 2.75) is 136 Å². The molecule has 5 spiro atoms. The van der Waals surface area contributed by atoms with Crippen molar-refractivity contribution in [3.8, 4) is 68.9 Å². The first kappa shape index (κ1) is 101. The Morgan fingerprint density at radius 2 is 0.610 bits per heavy atom. The Morgan fingerprint density at radius 1 is 0.368 bits per heavy atom. The molecular weight excluding hydrogens is 1720 g/mol. The van der Waals surface area contributed by atoms with E-state index in [-0.39, 0.29) is 106 Å². The van der Waals surface area contributed by atoms with E-state index in [2.05, 4.69) is 77.7 Å². The van der Waals surface area contributed by atoms with Crippen LogP contribution in [0.1, 0.15) is 205 Å². The Hall–Kier alpha value is -14.4. The van der Waals surface area contributed by atoms with Crippen LogP contribution in [0.4, 0.5) is 0 Å². The summed E-state index contributed by atoms with van der Waals surface area (Å²) in [6.45, 7) is 11.4. The van der Waals surface area contributed by atoms with Gasteiger partial charge in [0.05, 0.1) is 53.1 Å². The van der Waals surface area contributed by atoms with Gasteiger partial charge in [-0.2, -0.15) is 4.80 Å². The number of carbonyl (C=O) groups is 4. The molecule has 0 bridgehead atoms. The Morgan fingerprint density at radius 3 is 0.846 bits per heavy atom. The quantitative estimate of drug-likeness (QED) is 0.0535. The van der Waals surface area contributed by atoms with Crippen LogP contribution < -0.4 is 61.3 Å². The number of carbonyl (C=O) groups excluding carboxylic acids is 3. The number of phenolic OH excluding ortho intramolecular Hbond substituents is 5. The summed E-state index contributed by atoms with van der Waals surface area (Å²) in [5.41, 5.74) is 19.2. The van der Waals surface area contributed by atoms with Gasteiger partial charge in [-0.1, -0.05) is 140 Å². The summed E-state index contributed by atoms with van der Waals surface area (Å²) in [5, 5.41) is 93.2. The number of piperidine rings is 5.